The Morgan fingerprint density at radius 3 is 2.55 bits per heavy atom. The van der Waals surface area contributed by atoms with E-state index in [9.17, 15) is 4.79 Å². The monoisotopic (exact) mass is 295 g/mol. The zero-order valence-corrected chi connectivity index (χ0v) is 13.0. The number of amides is 1. The Bertz CT molecular complexity index is 447. The number of rotatable bonds is 6. The highest BCUT2D eigenvalue weighted by atomic mass is 32.2. The Morgan fingerprint density at radius 1 is 1.30 bits per heavy atom. The number of thioether (sulfide) groups is 1. The van der Waals surface area contributed by atoms with Crippen LogP contribution in [-0.4, -0.2) is 42.2 Å². The van der Waals surface area contributed by atoms with Crippen LogP contribution >= 0.6 is 11.8 Å². The lowest BCUT2D eigenvalue weighted by Crippen LogP contribution is -2.38. The van der Waals surface area contributed by atoms with E-state index in [0.29, 0.717) is 24.8 Å². The smallest absolute Gasteiger partial charge is 0.233 e. The van der Waals surface area contributed by atoms with E-state index in [1.165, 1.54) is 0 Å². The predicted molar refractivity (Wildman–Crippen MR) is 81.3 cm³/mol. The van der Waals surface area contributed by atoms with Crippen molar-refractivity contribution >= 4 is 17.7 Å². The maximum absolute atomic E-state index is 11.8. The molecule has 20 heavy (non-hydrogen) atoms. The lowest BCUT2D eigenvalue weighted by molar-refractivity contribution is -0.128. The van der Waals surface area contributed by atoms with E-state index in [4.69, 9.17) is 9.47 Å². The SMILES string of the molecule is COc1ccc(OCCN2C(=O)CSC2C(C)C)cc1. The molecule has 1 unspecified atom stereocenters. The summed E-state index contributed by atoms with van der Waals surface area (Å²) in [6.45, 7) is 5.45. The lowest BCUT2D eigenvalue weighted by atomic mass is 10.2. The van der Waals surface area contributed by atoms with Crippen LogP contribution in [0.15, 0.2) is 24.3 Å². The second-order valence-electron chi connectivity index (χ2n) is 5.06. The Balaban J connectivity index is 1.83. The molecule has 0 radical (unpaired) electrons. The van der Waals surface area contributed by atoms with Crippen LogP contribution in [0.4, 0.5) is 0 Å². The number of methoxy groups -OCH3 is 1. The molecule has 0 aromatic heterocycles. The van der Waals surface area contributed by atoms with Crippen LogP contribution < -0.4 is 9.47 Å². The van der Waals surface area contributed by atoms with Crippen molar-refractivity contribution < 1.29 is 14.3 Å². The van der Waals surface area contributed by atoms with Crippen molar-refractivity contribution in [3.8, 4) is 11.5 Å². The minimum Gasteiger partial charge on any atom is -0.497 e. The molecule has 0 bridgehead atoms. The predicted octanol–water partition coefficient (Wildman–Crippen LogP) is 2.63. The zero-order valence-electron chi connectivity index (χ0n) is 12.2. The largest absolute Gasteiger partial charge is 0.497 e. The third-order valence-electron chi connectivity index (χ3n) is 3.24. The number of hydrogen-bond acceptors (Lipinski definition) is 4. The summed E-state index contributed by atoms with van der Waals surface area (Å²) in [6.07, 6.45) is 0. The molecule has 1 amide bonds. The Kier molecular flexibility index (Phi) is 5.17. The molecule has 0 saturated carbocycles. The molecule has 1 fully saturated rings. The Morgan fingerprint density at radius 2 is 1.95 bits per heavy atom. The Labute approximate surface area is 124 Å². The van der Waals surface area contributed by atoms with Crippen LogP contribution in [0.5, 0.6) is 11.5 Å². The summed E-state index contributed by atoms with van der Waals surface area (Å²) >= 11 is 1.72. The van der Waals surface area contributed by atoms with Crippen LogP contribution in [0.2, 0.25) is 0 Å². The summed E-state index contributed by atoms with van der Waals surface area (Å²) in [5.74, 6) is 2.87. The summed E-state index contributed by atoms with van der Waals surface area (Å²) in [6, 6.07) is 7.48. The summed E-state index contributed by atoms with van der Waals surface area (Å²) in [4.78, 5) is 13.8. The van der Waals surface area contributed by atoms with Gasteiger partial charge in [0.2, 0.25) is 5.91 Å². The maximum Gasteiger partial charge on any atom is 0.233 e. The van der Waals surface area contributed by atoms with Crippen molar-refractivity contribution in [1.29, 1.82) is 0 Å². The fourth-order valence-electron chi connectivity index (χ4n) is 2.21. The first kappa shape index (κ1) is 15.0. The number of hydrogen-bond donors (Lipinski definition) is 0. The quantitative estimate of drug-likeness (QED) is 0.809. The second-order valence-corrected chi connectivity index (χ2v) is 6.16. The molecular weight excluding hydrogens is 274 g/mol. The van der Waals surface area contributed by atoms with E-state index in [-0.39, 0.29) is 11.3 Å². The van der Waals surface area contributed by atoms with Gasteiger partial charge in [0.05, 0.1) is 24.8 Å². The average Bonchev–Trinajstić information content (AvgIpc) is 2.81. The molecule has 1 heterocycles. The van der Waals surface area contributed by atoms with Gasteiger partial charge in [0.1, 0.15) is 18.1 Å². The first-order chi connectivity index (χ1) is 9.61. The van der Waals surface area contributed by atoms with E-state index in [1.807, 2.05) is 29.2 Å². The van der Waals surface area contributed by atoms with Gasteiger partial charge >= 0.3 is 0 Å². The van der Waals surface area contributed by atoms with E-state index in [0.717, 1.165) is 11.5 Å². The highest BCUT2D eigenvalue weighted by molar-refractivity contribution is 8.01. The van der Waals surface area contributed by atoms with Crippen LogP contribution in [0, 0.1) is 5.92 Å². The number of nitrogens with zero attached hydrogens (tertiary/aromatic N) is 1. The van der Waals surface area contributed by atoms with E-state index >= 15 is 0 Å². The van der Waals surface area contributed by atoms with Gasteiger partial charge in [0.25, 0.3) is 0 Å². The summed E-state index contributed by atoms with van der Waals surface area (Å²) in [5.41, 5.74) is 0. The molecule has 4 nitrogen and oxygen atoms in total. The van der Waals surface area contributed by atoms with Crippen molar-refractivity contribution in [1.82, 2.24) is 4.90 Å². The minimum atomic E-state index is 0.215. The number of carbonyl (C=O) groups is 1. The maximum atomic E-state index is 11.8. The van der Waals surface area contributed by atoms with Crippen molar-refractivity contribution in [2.24, 2.45) is 5.92 Å². The molecule has 1 aliphatic rings. The van der Waals surface area contributed by atoms with Crippen LogP contribution in [0.3, 0.4) is 0 Å². The van der Waals surface area contributed by atoms with E-state index in [2.05, 4.69) is 13.8 Å². The van der Waals surface area contributed by atoms with Gasteiger partial charge in [-0.05, 0) is 30.2 Å². The third-order valence-corrected chi connectivity index (χ3v) is 4.79. The molecule has 0 N–H and O–H groups in total. The van der Waals surface area contributed by atoms with Gasteiger partial charge in [-0.25, -0.2) is 0 Å². The molecule has 1 atom stereocenters. The molecular formula is C15H21NO3S. The summed E-state index contributed by atoms with van der Waals surface area (Å²) < 4.78 is 10.8. The zero-order chi connectivity index (χ0) is 14.5. The highest BCUT2D eigenvalue weighted by Gasteiger charge is 2.33. The van der Waals surface area contributed by atoms with Gasteiger partial charge < -0.3 is 14.4 Å². The molecule has 110 valence electrons. The first-order valence-corrected chi connectivity index (χ1v) is 7.84. The van der Waals surface area contributed by atoms with Gasteiger partial charge in [0, 0.05) is 0 Å². The van der Waals surface area contributed by atoms with Crippen LogP contribution in [0.1, 0.15) is 13.8 Å². The molecule has 0 aliphatic carbocycles. The second kappa shape index (κ2) is 6.88. The summed E-state index contributed by atoms with van der Waals surface area (Å²) in [7, 11) is 1.64. The van der Waals surface area contributed by atoms with E-state index in [1.54, 1.807) is 18.9 Å². The number of ether oxygens (including phenoxy) is 2. The van der Waals surface area contributed by atoms with Gasteiger partial charge in [-0.15, -0.1) is 11.8 Å². The van der Waals surface area contributed by atoms with Crippen molar-refractivity contribution in [2.45, 2.75) is 19.2 Å². The van der Waals surface area contributed by atoms with E-state index < -0.39 is 0 Å². The van der Waals surface area contributed by atoms with Crippen molar-refractivity contribution in [3.63, 3.8) is 0 Å². The molecule has 1 aliphatic heterocycles. The molecule has 1 saturated heterocycles. The standard InChI is InChI=1S/C15H21NO3S/c1-11(2)15-16(14(17)10-20-15)8-9-19-13-6-4-12(18-3)5-7-13/h4-7,11,15H,8-10H2,1-3H3. The lowest BCUT2D eigenvalue weighted by Gasteiger charge is -2.26. The number of carbonyl (C=O) groups excluding carboxylic acids is 1. The third kappa shape index (κ3) is 3.60. The molecule has 5 heteroatoms. The van der Waals surface area contributed by atoms with Crippen molar-refractivity contribution in [2.75, 3.05) is 26.0 Å². The molecule has 1 aromatic rings. The fraction of sp³-hybridized carbons (Fsp3) is 0.533. The normalized spacial score (nSPS) is 18.7. The fourth-order valence-corrected chi connectivity index (χ4v) is 3.48. The first-order valence-electron chi connectivity index (χ1n) is 6.79. The minimum absolute atomic E-state index is 0.215. The van der Waals surface area contributed by atoms with Gasteiger partial charge in [-0.3, -0.25) is 4.79 Å². The van der Waals surface area contributed by atoms with Gasteiger partial charge in [0.15, 0.2) is 0 Å². The van der Waals surface area contributed by atoms with Crippen LogP contribution in [-0.2, 0) is 4.79 Å². The average molecular weight is 295 g/mol. The molecule has 0 spiro atoms. The molecule has 2 rings (SSSR count). The number of benzene rings is 1. The van der Waals surface area contributed by atoms with Gasteiger partial charge in [-0.1, -0.05) is 13.8 Å². The topological polar surface area (TPSA) is 38.8 Å². The molecule has 1 aromatic carbocycles. The Hall–Kier alpha value is -1.36. The van der Waals surface area contributed by atoms with Crippen LogP contribution in [0.25, 0.3) is 0 Å². The summed E-state index contributed by atoms with van der Waals surface area (Å²) in [5, 5.41) is 0.280. The highest BCUT2D eigenvalue weighted by Crippen LogP contribution is 2.30. The van der Waals surface area contributed by atoms with Gasteiger partial charge in [-0.2, -0.15) is 0 Å². The van der Waals surface area contributed by atoms with Crippen molar-refractivity contribution in [3.05, 3.63) is 24.3 Å².